The predicted molar refractivity (Wildman–Crippen MR) is 131 cm³/mol. The van der Waals surface area contributed by atoms with Crippen LogP contribution < -0.4 is 10.9 Å². The molecule has 0 bridgehead atoms. The number of amides is 1. The number of aromatic nitrogens is 4. The first-order valence-electron chi connectivity index (χ1n) is 10.9. The molecule has 0 saturated heterocycles. The van der Waals surface area contributed by atoms with E-state index < -0.39 is 17.4 Å². The summed E-state index contributed by atoms with van der Waals surface area (Å²) in [6, 6.07) is 21.6. The first-order valence-corrected chi connectivity index (χ1v) is 10.9. The molecule has 9 heteroatoms. The Kier molecular flexibility index (Phi) is 5.58. The molecule has 2 aromatic heterocycles. The quantitative estimate of drug-likeness (QED) is 0.397. The van der Waals surface area contributed by atoms with Crippen molar-refractivity contribution in [2.75, 3.05) is 12.4 Å². The lowest BCUT2D eigenvalue weighted by Gasteiger charge is -2.14. The van der Waals surface area contributed by atoms with E-state index in [1.807, 2.05) is 43.3 Å². The van der Waals surface area contributed by atoms with Crippen molar-refractivity contribution in [2.45, 2.75) is 13.5 Å². The second kappa shape index (κ2) is 8.86. The zero-order valence-electron chi connectivity index (χ0n) is 19.1. The summed E-state index contributed by atoms with van der Waals surface area (Å²) in [5.74, 6) is -0.509. The first-order chi connectivity index (χ1) is 17.0. The van der Waals surface area contributed by atoms with Gasteiger partial charge in [-0.3, -0.25) is 18.6 Å². The van der Waals surface area contributed by atoms with E-state index in [1.165, 1.54) is 11.7 Å². The van der Waals surface area contributed by atoms with E-state index in [1.54, 1.807) is 40.8 Å². The van der Waals surface area contributed by atoms with Crippen LogP contribution in [0.1, 0.15) is 15.9 Å². The van der Waals surface area contributed by atoms with Crippen molar-refractivity contribution in [3.63, 3.8) is 0 Å². The molecule has 0 aliphatic carbocycles. The average Bonchev–Trinajstić information content (AvgIpc) is 3.32. The van der Waals surface area contributed by atoms with Crippen molar-refractivity contribution in [3.8, 4) is 11.4 Å². The molecule has 0 atom stereocenters. The van der Waals surface area contributed by atoms with Crippen LogP contribution in [0.4, 0.5) is 5.69 Å². The van der Waals surface area contributed by atoms with Crippen molar-refractivity contribution in [2.24, 2.45) is 0 Å². The van der Waals surface area contributed by atoms with Gasteiger partial charge in [0.1, 0.15) is 6.54 Å². The first kappa shape index (κ1) is 22.0. The predicted octanol–water partition coefficient (Wildman–Crippen LogP) is 3.44. The number of aryl methyl sites for hydroxylation is 1. The number of benzene rings is 3. The molecule has 0 aliphatic heterocycles. The van der Waals surface area contributed by atoms with Crippen LogP contribution in [0.25, 0.3) is 28.1 Å². The molecule has 9 nitrogen and oxygen atoms in total. The molecule has 0 spiro atoms. The average molecular weight is 467 g/mol. The Morgan fingerprint density at radius 3 is 2.34 bits per heavy atom. The summed E-state index contributed by atoms with van der Waals surface area (Å²) < 4.78 is 7.85. The minimum absolute atomic E-state index is 0.113. The van der Waals surface area contributed by atoms with Gasteiger partial charge in [0.25, 0.3) is 5.56 Å². The molecule has 5 rings (SSSR count). The van der Waals surface area contributed by atoms with Crippen molar-refractivity contribution < 1.29 is 14.3 Å². The molecule has 174 valence electrons. The van der Waals surface area contributed by atoms with Crippen molar-refractivity contribution in [3.05, 3.63) is 94.3 Å². The monoisotopic (exact) mass is 467 g/mol. The fourth-order valence-electron chi connectivity index (χ4n) is 4.02. The molecule has 0 fully saturated rings. The second-order valence-electron chi connectivity index (χ2n) is 8.01. The van der Waals surface area contributed by atoms with Gasteiger partial charge in [0.2, 0.25) is 11.6 Å². The van der Waals surface area contributed by atoms with Crippen LogP contribution in [0.2, 0.25) is 0 Å². The Hall–Kier alpha value is -4.79. The molecule has 3 aromatic carbocycles. The maximum atomic E-state index is 13.4. The van der Waals surface area contributed by atoms with Crippen molar-refractivity contribution in [1.29, 1.82) is 0 Å². The molecule has 1 N–H and O–H groups in total. The van der Waals surface area contributed by atoms with Crippen LogP contribution in [0.3, 0.4) is 0 Å². The summed E-state index contributed by atoms with van der Waals surface area (Å²) in [5.41, 5.74) is 3.34. The molecular weight excluding hydrogens is 446 g/mol. The van der Waals surface area contributed by atoms with Gasteiger partial charge in [-0.15, -0.1) is 10.2 Å². The Labute approximate surface area is 199 Å². The maximum absolute atomic E-state index is 13.4. The Morgan fingerprint density at radius 1 is 0.914 bits per heavy atom. The third kappa shape index (κ3) is 3.93. The van der Waals surface area contributed by atoms with Crippen molar-refractivity contribution in [1.82, 2.24) is 19.2 Å². The molecular formula is C26H21N5O4. The van der Waals surface area contributed by atoms with Crippen molar-refractivity contribution >= 4 is 34.2 Å². The third-order valence-corrected chi connectivity index (χ3v) is 5.73. The topological polar surface area (TPSA) is 108 Å². The lowest BCUT2D eigenvalue weighted by molar-refractivity contribution is -0.116. The summed E-state index contributed by atoms with van der Waals surface area (Å²) in [7, 11) is 1.27. The maximum Gasteiger partial charge on any atom is 0.339 e. The summed E-state index contributed by atoms with van der Waals surface area (Å²) in [6.07, 6.45) is 0. The molecule has 0 radical (unpaired) electrons. The summed E-state index contributed by atoms with van der Waals surface area (Å²) in [5, 5.41) is 11.1. The van der Waals surface area contributed by atoms with Crippen LogP contribution in [-0.2, 0) is 16.1 Å². The van der Waals surface area contributed by atoms with E-state index in [2.05, 4.69) is 15.5 Å². The highest BCUT2D eigenvalue weighted by atomic mass is 16.5. The number of esters is 1. The standard InChI is InChI=1S/C26H21N5O4/c1-16-11-13-17(14-12-16)23-28-29-24-25(33)30(20-9-5-6-10-21(20)31(23)24)15-22(32)27-19-8-4-3-7-18(19)26(34)35-2/h3-14H,15H2,1-2H3,(H,27,32). The lowest BCUT2D eigenvalue weighted by Crippen LogP contribution is -2.30. The van der Waals surface area contributed by atoms with Gasteiger partial charge in [-0.05, 0) is 31.2 Å². The van der Waals surface area contributed by atoms with Crippen LogP contribution >= 0.6 is 0 Å². The van der Waals surface area contributed by atoms with Crippen LogP contribution in [-0.4, -0.2) is 38.2 Å². The third-order valence-electron chi connectivity index (χ3n) is 5.73. The number of nitrogens with zero attached hydrogens (tertiary/aromatic N) is 4. The largest absolute Gasteiger partial charge is 0.465 e. The van der Waals surface area contributed by atoms with E-state index in [-0.39, 0.29) is 17.8 Å². The Bertz CT molecular complexity index is 1650. The molecule has 2 heterocycles. The molecule has 0 aliphatic rings. The number of methoxy groups -OCH3 is 1. The van der Waals surface area contributed by atoms with E-state index in [0.29, 0.717) is 22.5 Å². The lowest BCUT2D eigenvalue weighted by atomic mass is 10.1. The van der Waals surface area contributed by atoms with Crippen LogP contribution in [0.15, 0.2) is 77.6 Å². The van der Waals surface area contributed by atoms with E-state index in [0.717, 1.165) is 11.1 Å². The minimum Gasteiger partial charge on any atom is -0.465 e. The number of rotatable bonds is 5. The highest BCUT2D eigenvalue weighted by molar-refractivity contribution is 6.01. The van der Waals surface area contributed by atoms with Gasteiger partial charge in [-0.1, -0.05) is 54.1 Å². The Balaban J connectivity index is 1.59. The normalized spacial score (nSPS) is 11.0. The molecule has 0 saturated carbocycles. The highest BCUT2D eigenvalue weighted by Crippen LogP contribution is 2.23. The van der Waals surface area contributed by atoms with E-state index in [4.69, 9.17) is 4.74 Å². The minimum atomic E-state index is -0.572. The molecule has 0 unspecified atom stereocenters. The fraction of sp³-hybridized carbons (Fsp3) is 0.115. The Morgan fingerprint density at radius 2 is 1.60 bits per heavy atom. The number of carbonyl (C=O) groups is 2. The van der Waals surface area contributed by atoms with Crippen LogP contribution in [0, 0.1) is 6.92 Å². The number of carbonyl (C=O) groups excluding carboxylic acids is 2. The number of anilines is 1. The van der Waals surface area contributed by atoms with E-state index in [9.17, 15) is 14.4 Å². The zero-order valence-corrected chi connectivity index (χ0v) is 19.1. The van der Waals surface area contributed by atoms with Gasteiger partial charge in [-0.25, -0.2) is 4.79 Å². The van der Waals surface area contributed by atoms with Gasteiger partial charge < -0.3 is 10.1 Å². The fourth-order valence-corrected chi connectivity index (χ4v) is 4.02. The SMILES string of the molecule is COC(=O)c1ccccc1NC(=O)Cn1c(=O)c2nnc(-c3ccc(C)cc3)n2c2ccccc21. The van der Waals surface area contributed by atoms with Gasteiger partial charge in [0.05, 0.1) is 29.4 Å². The van der Waals surface area contributed by atoms with Gasteiger partial charge in [-0.2, -0.15) is 0 Å². The molecule has 5 aromatic rings. The smallest absolute Gasteiger partial charge is 0.339 e. The highest BCUT2D eigenvalue weighted by Gasteiger charge is 2.20. The number of ether oxygens (including phenoxy) is 1. The van der Waals surface area contributed by atoms with Gasteiger partial charge >= 0.3 is 5.97 Å². The van der Waals surface area contributed by atoms with Gasteiger partial charge in [0, 0.05) is 5.56 Å². The number of fused-ring (bicyclic) bond motifs is 3. The number of hydrogen-bond donors (Lipinski definition) is 1. The second-order valence-corrected chi connectivity index (χ2v) is 8.01. The van der Waals surface area contributed by atoms with E-state index >= 15 is 0 Å². The summed E-state index contributed by atoms with van der Waals surface area (Å²) >= 11 is 0. The number of para-hydroxylation sites is 3. The van der Waals surface area contributed by atoms with Gasteiger partial charge in [0.15, 0.2) is 5.82 Å². The zero-order chi connectivity index (χ0) is 24.5. The number of nitrogens with one attached hydrogen (secondary N) is 1. The van der Waals surface area contributed by atoms with Crippen LogP contribution in [0.5, 0.6) is 0 Å². The molecule has 1 amide bonds. The summed E-state index contributed by atoms with van der Waals surface area (Å²) in [4.78, 5) is 38.4. The number of hydrogen-bond acceptors (Lipinski definition) is 6. The molecule has 35 heavy (non-hydrogen) atoms. The summed E-state index contributed by atoms with van der Waals surface area (Å²) in [6.45, 7) is 1.71.